The molecule has 7 nitrogen and oxygen atoms in total. The van der Waals surface area contributed by atoms with Gasteiger partial charge in [0.05, 0.1) is 19.3 Å². The third-order valence-corrected chi connectivity index (χ3v) is 4.39. The molecule has 1 aromatic carbocycles. The van der Waals surface area contributed by atoms with Gasteiger partial charge in [0.15, 0.2) is 11.5 Å². The first kappa shape index (κ1) is 20.0. The number of hydrogen-bond donors (Lipinski definition) is 1. The maximum atomic E-state index is 12.9. The molecule has 0 aliphatic carbocycles. The van der Waals surface area contributed by atoms with E-state index in [0.717, 1.165) is 12.8 Å². The molecule has 0 aromatic heterocycles. The van der Waals surface area contributed by atoms with E-state index in [0.29, 0.717) is 30.3 Å². The molecule has 0 saturated carbocycles. The molecule has 1 aliphatic rings. The Labute approximate surface area is 153 Å². The van der Waals surface area contributed by atoms with Crippen LogP contribution in [-0.2, 0) is 9.53 Å². The number of hydrogen-bond acceptors (Lipinski definition) is 5. The summed E-state index contributed by atoms with van der Waals surface area (Å²) in [6, 6.07) is 4.08. The van der Waals surface area contributed by atoms with Gasteiger partial charge >= 0.3 is 5.97 Å². The highest BCUT2D eigenvalue weighted by atomic mass is 16.5. The van der Waals surface area contributed by atoms with Crippen molar-refractivity contribution >= 4 is 11.9 Å². The molecule has 1 fully saturated rings. The molecule has 0 spiro atoms. The van der Waals surface area contributed by atoms with Crippen LogP contribution in [0.25, 0.3) is 0 Å². The molecule has 1 heterocycles. The second-order valence-electron chi connectivity index (χ2n) is 6.20. The smallest absolute Gasteiger partial charge is 0.326 e. The van der Waals surface area contributed by atoms with E-state index in [1.165, 1.54) is 12.0 Å². The number of likely N-dealkylation sites (tertiary alicyclic amines) is 1. The number of carbonyl (C=O) groups excluding carboxylic acids is 1. The van der Waals surface area contributed by atoms with Gasteiger partial charge in [0.25, 0.3) is 5.91 Å². The van der Waals surface area contributed by atoms with E-state index in [1.54, 1.807) is 18.2 Å². The van der Waals surface area contributed by atoms with Crippen LogP contribution in [0.1, 0.15) is 43.5 Å². The summed E-state index contributed by atoms with van der Waals surface area (Å²) in [7, 11) is 1.52. The predicted molar refractivity (Wildman–Crippen MR) is 95.9 cm³/mol. The SMILES string of the molecule is CCCCOc1ccc(C(=O)N2CC(OC)CC2C(=O)O)cc1OCC. The molecular formula is C19H27NO6. The van der Waals surface area contributed by atoms with Crippen molar-refractivity contribution in [3.8, 4) is 11.5 Å². The van der Waals surface area contributed by atoms with Crippen molar-refractivity contribution in [3.05, 3.63) is 23.8 Å². The van der Waals surface area contributed by atoms with Crippen LogP contribution in [0.5, 0.6) is 11.5 Å². The molecule has 0 radical (unpaired) electrons. The van der Waals surface area contributed by atoms with E-state index in [1.807, 2.05) is 6.92 Å². The Balaban J connectivity index is 2.22. The molecule has 1 aliphatic heterocycles. The number of nitrogens with zero attached hydrogens (tertiary/aromatic N) is 1. The number of carboxylic acid groups (broad SMARTS) is 1. The molecule has 2 rings (SSSR count). The van der Waals surface area contributed by atoms with Gasteiger partial charge in [0.2, 0.25) is 0 Å². The number of carbonyl (C=O) groups is 2. The van der Waals surface area contributed by atoms with Gasteiger partial charge in [0.1, 0.15) is 6.04 Å². The van der Waals surface area contributed by atoms with E-state index in [9.17, 15) is 14.7 Å². The third kappa shape index (κ3) is 4.66. The van der Waals surface area contributed by atoms with Crippen LogP contribution in [0.4, 0.5) is 0 Å². The molecule has 2 atom stereocenters. The molecule has 1 aromatic rings. The fourth-order valence-corrected chi connectivity index (χ4v) is 2.95. The van der Waals surface area contributed by atoms with Crippen molar-refractivity contribution in [2.75, 3.05) is 26.9 Å². The van der Waals surface area contributed by atoms with E-state index < -0.39 is 12.0 Å². The minimum atomic E-state index is -1.03. The largest absolute Gasteiger partial charge is 0.490 e. The van der Waals surface area contributed by atoms with Gasteiger partial charge in [0, 0.05) is 25.6 Å². The summed E-state index contributed by atoms with van der Waals surface area (Å²) in [6.45, 7) is 5.21. The number of benzene rings is 1. The zero-order valence-electron chi connectivity index (χ0n) is 15.6. The number of amides is 1. The summed E-state index contributed by atoms with van der Waals surface area (Å²) in [5.74, 6) is -0.299. The number of unbranched alkanes of at least 4 members (excludes halogenated alkanes) is 1. The van der Waals surface area contributed by atoms with Gasteiger partial charge in [-0.3, -0.25) is 4.79 Å². The zero-order chi connectivity index (χ0) is 19.1. The maximum absolute atomic E-state index is 12.9. The lowest BCUT2D eigenvalue weighted by Gasteiger charge is -2.22. The number of carboxylic acids is 1. The Morgan fingerprint density at radius 1 is 1.23 bits per heavy atom. The summed E-state index contributed by atoms with van der Waals surface area (Å²) in [4.78, 5) is 25.7. The quantitative estimate of drug-likeness (QED) is 0.677. The summed E-state index contributed by atoms with van der Waals surface area (Å²) in [5.41, 5.74) is 0.374. The first-order chi connectivity index (χ1) is 12.5. The van der Waals surface area contributed by atoms with Crippen LogP contribution in [-0.4, -0.2) is 60.9 Å². The first-order valence-corrected chi connectivity index (χ1v) is 8.98. The van der Waals surface area contributed by atoms with Gasteiger partial charge in [-0.25, -0.2) is 4.79 Å². The van der Waals surface area contributed by atoms with E-state index >= 15 is 0 Å². The van der Waals surface area contributed by atoms with Crippen LogP contribution in [0.3, 0.4) is 0 Å². The summed E-state index contributed by atoms with van der Waals surface area (Å²) < 4.78 is 16.6. The van der Waals surface area contributed by atoms with Gasteiger partial charge in [-0.05, 0) is 31.5 Å². The second kappa shape index (κ2) is 9.43. The van der Waals surface area contributed by atoms with Gasteiger partial charge < -0.3 is 24.2 Å². The molecule has 144 valence electrons. The summed E-state index contributed by atoms with van der Waals surface area (Å²) >= 11 is 0. The van der Waals surface area contributed by atoms with Crippen LogP contribution >= 0.6 is 0 Å². The second-order valence-corrected chi connectivity index (χ2v) is 6.20. The van der Waals surface area contributed by atoms with E-state index in [4.69, 9.17) is 14.2 Å². The lowest BCUT2D eigenvalue weighted by atomic mass is 10.1. The predicted octanol–water partition coefficient (Wildman–Crippen LogP) is 2.58. The summed E-state index contributed by atoms with van der Waals surface area (Å²) in [5, 5.41) is 9.40. The van der Waals surface area contributed by atoms with Crippen molar-refractivity contribution in [3.63, 3.8) is 0 Å². The van der Waals surface area contributed by atoms with Gasteiger partial charge in [-0.15, -0.1) is 0 Å². The number of aliphatic carboxylic acids is 1. The monoisotopic (exact) mass is 365 g/mol. The highest BCUT2D eigenvalue weighted by Gasteiger charge is 2.40. The van der Waals surface area contributed by atoms with E-state index in [2.05, 4.69) is 6.92 Å². The zero-order valence-corrected chi connectivity index (χ0v) is 15.6. The lowest BCUT2D eigenvalue weighted by Crippen LogP contribution is -2.40. The molecule has 1 amide bonds. The fraction of sp³-hybridized carbons (Fsp3) is 0.579. The molecule has 2 unspecified atom stereocenters. The van der Waals surface area contributed by atoms with Crippen LogP contribution < -0.4 is 9.47 Å². The molecule has 0 bridgehead atoms. The number of ether oxygens (including phenoxy) is 3. The number of methoxy groups -OCH3 is 1. The van der Waals surface area contributed by atoms with Crippen molar-refractivity contribution < 1.29 is 28.9 Å². The van der Waals surface area contributed by atoms with Gasteiger partial charge in [-0.1, -0.05) is 13.3 Å². The lowest BCUT2D eigenvalue weighted by molar-refractivity contribution is -0.141. The highest BCUT2D eigenvalue weighted by molar-refractivity contribution is 5.97. The minimum Gasteiger partial charge on any atom is -0.490 e. The molecule has 1 saturated heterocycles. The van der Waals surface area contributed by atoms with Crippen molar-refractivity contribution in [2.45, 2.75) is 45.3 Å². The van der Waals surface area contributed by atoms with Crippen LogP contribution in [0, 0.1) is 0 Å². The molecule has 26 heavy (non-hydrogen) atoms. The van der Waals surface area contributed by atoms with Crippen molar-refractivity contribution in [1.29, 1.82) is 0 Å². The average molecular weight is 365 g/mol. The number of rotatable bonds is 9. The molecule has 1 N–H and O–H groups in total. The first-order valence-electron chi connectivity index (χ1n) is 8.98. The topological polar surface area (TPSA) is 85.3 Å². The fourth-order valence-electron chi connectivity index (χ4n) is 2.95. The van der Waals surface area contributed by atoms with Crippen LogP contribution in [0.2, 0.25) is 0 Å². The normalized spacial score (nSPS) is 19.4. The van der Waals surface area contributed by atoms with Crippen LogP contribution in [0.15, 0.2) is 18.2 Å². The Hall–Kier alpha value is -2.28. The Kier molecular flexibility index (Phi) is 7.26. The summed E-state index contributed by atoms with van der Waals surface area (Å²) in [6.07, 6.45) is 1.96. The van der Waals surface area contributed by atoms with Crippen molar-refractivity contribution in [1.82, 2.24) is 4.90 Å². The maximum Gasteiger partial charge on any atom is 0.326 e. The minimum absolute atomic E-state index is 0.255. The average Bonchev–Trinajstić information content (AvgIpc) is 3.07. The highest BCUT2D eigenvalue weighted by Crippen LogP contribution is 2.31. The van der Waals surface area contributed by atoms with Gasteiger partial charge in [-0.2, -0.15) is 0 Å². The van der Waals surface area contributed by atoms with E-state index in [-0.39, 0.29) is 25.0 Å². The standard InChI is InChI=1S/C19H27NO6/c1-4-6-9-26-16-8-7-13(10-17(16)25-5-2)18(21)20-12-14(24-3)11-15(20)19(22)23/h7-8,10,14-15H,4-6,9,11-12H2,1-3H3,(H,22,23). The van der Waals surface area contributed by atoms with Crippen molar-refractivity contribution in [2.24, 2.45) is 0 Å². The Morgan fingerprint density at radius 2 is 2.00 bits per heavy atom. The third-order valence-electron chi connectivity index (χ3n) is 4.39. The molecular weight excluding hydrogens is 338 g/mol. The Morgan fingerprint density at radius 3 is 2.62 bits per heavy atom. The molecule has 7 heteroatoms. The Bertz CT molecular complexity index is 632.